The highest BCUT2D eigenvalue weighted by molar-refractivity contribution is 5.75. The molecule has 13 nitrogen and oxygen atoms in total. The molecule has 0 radical (unpaired) electrons. The zero-order chi connectivity index (χ0) is 24.3. The van der Waals surface area contributed by atoms with Crippen LogP contribution in [0.15, 0.2) is 17.1 Å². The summed E-state index contributed by atoms with van der Waals surface area (Å²) in [4.78, 5) is 44.9. The van der Waals surface area contributed by atoms with Crippen LogP contribution in [0.1, 0.15) is 40.3 Å². The molecule has 0 spiro atoms. The number of carbonyl (C=O) groups excluding carboxylic acids is 2. The minimum absolute atomic E-state index is 0.0512. The number of carbonyl (C=O) groups is 2. The molecule has 0 unspecified atom stereocenters. The van der Waals surface area contributed by atoms with Crippen LogP contribution in [0, 0.1) is 5.92 Å². The van der Waals surface area contributed by atoms with Gasteiger partial charge in [-0.25, -0.2) is 15.1 Å². The van der Waals surface area contributed by atoms with Crippen molar-refractivity contribution in [2.75, 3.05) is 18.7 Å². The van der Waals surface area contributed by atoms with Crippen LogP contribution in [0.25, 0.3) is 0 Å². The predicted octanol–water partition coefficient (Wildman–Crippen LogP) is -0.560. The summed E-state index contributed by atoms with van der Waals surface area (Å²) < 4.78 is 24.1. The molecule has 13 heteroatoms. The first-order valence-corrected chi connectivity index (χ1v) is 10.6. The van der Waals surface area contributed by atoms with Gasteiger partial charge in [-0.2, -0.15) is 4.98 Å². The second kappa shape index (κ2) is 10.1. The van der Waals surface area contributed by atoms with E-state index in [4.69, 9.17) is 34.6 Å². The van der Waals surface area contributed by atoms with Gasteiger partial charge in [-0.1, -0.05) is 13.8 Å². The van der Waals surface area contributed by atoms with Gasteiger partial charge in [0.25, 0.3) is 0 Å². The lowest BCUT2D eigenvalue weighted by atomic mass is 10.1. The average molecular weight is 470 g/mol. The Balaban J connectivity index is 1.71. The first-order chi connectivity index (χ1) is 15.5. The van der Waals surface area contributed by atoms with E-state index in [1.54, 1.807) is 13.8 Å². The maximum Gasteiger partial charge on any atom is 0.351 e. The number of ether oxygens (including phenoxy) is 4. The van der Waals surface area contributed by atoms with E-state index in [0.29, 0.717) is 0 Å². The van der Waals surface area contributed by atoms with E-state index >= 15 is 0 Å². The minimum Gasteiger partial charge on any atom is -0.462 e. The molecule has 0 aliphatic carbocycles. The van der Waals surface area contributed by atoms with Gasteiger partial charge >= 0.3 is 17.6 Å². The molecule has 1 aromatic rings. The van der Waals surface area contributed by atoms with Crippen LogP contribution in [0.5, 0.6) is 0 Å². The number of fused-ring (bicyclic) bond motifs is 1. The number of nitrogens with two attached hydrogens (primary N) is 1. The van der Waals surface area contributed by atoms with Crippen molar-refractivity contribution >= 4 is 17.8 Å². The second-order valence-corrected chi connectivity index (χ2v) is 8.73. The summed E-state index contributed by atoms with van der Waals surface area (Å²) in [7, 11) is 0. The summed E-state index contributed by atoms with van der Waals surface area (Å²) in [5.41, 5.74) is 7.14. The van der Waals surface area contributed by atoms with Gasteiger partial charge in [0.05, 0.1) is 13.0 Å². The molecule has 0 bridgehead atoms. The van der Waals surface area contributed by atoms with Gasteiger partial charge in [0.15, 0.2) is 17.8 Å². The van der Waals surface area contributed by atoms with Crippen LogP contribution < -0.4 is 16.9 Å². The van der Waals surface area contributed by atoms with Crippen molar-refractivity contribution < 1.29 is 38.5 Å². The van der Waals surface area contributed by atoms with Crippen LogP contribution in [0.3, 0.4) is 0 Å². The molecule has 2 aliphatic rings. The number of anilines is 1. The number of hydrogen-bond acceptors (Lipinski definition) is 12. The number of nitrogens with one attached hydrogen (secondary N) is 1. The Labute approximate surface area is 190 Å². The molecule has 0 amide bonds. The highest BCUT2D eigenvalue weighted by atomic mass is 16.8. The molecule has 4 N–H and O–H groups in total. The van der Waals surface area contributed by atoms with Gasteiger partial charge in [0, 0.05) is 12.3 Å². The van der Waals surface area contributed by atoms with Crippen molar-refractivity contribution in [3.05, 3.63) is 22.7 Å². The van der Waals surface area contributed by atoms with Crippen molar-refractivity contribution in [1.82, 2.24) is 9.55 Å². The molecule has 2 saturated heterocycles. The summed E-state index contributed by atoms with van der Waals surface area (Å²) in [6.07, 6.45) is -1.35. The molecule has 184 valence electrons. The van der Waals surface area contributed by atoms with Gasteiger partial charge in [-0.3, -0.25) is 9.36 Å². The van der Waals surface area contributed by atoms with Crippen molar-refractivity contribution in [1.29, 1.82) is 0 Å². The Bertz CT molecular complexity index is 919. The first kappa shape index (κ1) is 25.1. The van der Waals surface area contributed by atoms with Crippen LogP contribution in [0.4, 0.5) is 5.82 Å². The van der Waals surface area contributed by atoms with Gasteiger partial charge in [0.1, 0.15) is 31.0 Å². The number of nitrogens with zero attached hydrogens (tertiary/aromatic N) is 2. The number of aliphatic hydroxyl groups excluding tert-OH is 1. The van der Waals surface area contributed by atoms with E-state index < -0.39 is 60.6 Å². The van der Waals surface area contributed by atoms with Gasteiger partial charge in [-0.05, 0) is 19.8 Å². The molecule has 3 rings (SSSR count). The number of hydrogen-bond donors (Lipinski definition) is 3. The fraction of sp³-hybridized carbons (Fsp3) is 0.700. The van der Waals surface area contributed by atoms with Crippen molar-refractivity contribution in [2.24, 2.45) is 11.7 Å². The van der Waals surface area contributed by atoms with Crippen molar-refractivity contribution in [3.63, 3.8) is 0 Å². The maximum atomic E-state index is 12.7. The second-order valence-electron chi connectivity index (χ2n) is 8.73. The Morgan fingerprint density at radius 1 is 1.33 bits per heavy atom. The maximum absolute atomic E-state index is 12.7. The zero-order valence-electron chi connectivity index (χ0n) is 18.9. The third-order valence-corrected chi connectivity index (χ3v) is 4.96. The van der Waals surface area contributed by atoms with Crippen LogP contribution in [-0.4, -0.2) is 70.0 Å². The molecule has 0 saturated carbocycles. The highest BCUT2D eigenvalue weighted by Gasteiger charge is 2.56. The Morgan fingerprint density at radius 3 is 2.67 bits per heavy atom. The van der Waals surface area contributed by atoms with E-state index in [2.05, 4.69) is 10.5 Å². The normalized spacial score (nSPS) is 26.6. The highest BCUT2D eigenvalue weighted by Crippen LogP contribution is 2.42. The SMILES string of the molecule is CC(C)CC(=O)ONc1ccn([C@@H]2O[C@H](COC(=O)[C@@H](N)CO)[C@H]3OC(C)(C)O[C@H]32)c(=O)n1. The lowest BCUT2D eigenvalue weighted by molar-refractivity contribution is -0.203. The van der Waals surface area contributed by atoms with E-state index in [1.807, 2.05) is 13.8 Å². The standard InChI is InChI=1S/C20H30N4O9/c1-10(2)7-14(26)33-23-13-5-6-24(19(28)22-13)17-16-15(31-20(3,4)32-16)12(30-17)9-29-18(27)11(21)8-25/h5-6,10-12,15-17,25H,7-9,21H2,1-4H3,(H,22,23,28)/t11-,12+,15+,16+,17+/m0/s1. The Hall–Kier alpha value is -2.58. The lowest BCUT2D eigenvalue weighted by Crippen LogP contribution is -2.39. The lowest BCUT2D eigenvalue weighted by Gasteiger charge is -2.25. The average Bonchev–Trinajstić information content (AvgIpc) is 3.22. The molecule has 33 heavy (non-hydrogen) atoms. The third-order valence-electron chi connectivity index (χ3n) is 4.96. The molecule has 5 atom stereocenters. The number of esters is 1. The van der Waals surface area contributed by atoms with Gasteiger partial charge < -0.3 is 34.6 Å². The fourth-order valence-corrected chi connectivity index (χ4v) is 3.51. The summed E-state index contributed by atoms with van der Waals surface area (Å²) >= 11 is 0. The molecule has 1 aromatic heterocycles. The summed E-state index contributed by atoms with van der Waals surface area (Å²) in [5, 5.41) is 8.99. The van der Waals surface area contributed by atoms with Crippen molar-refractivity contribution in [2.45, 2.75) is 70.5 Å². The largest absolute Gasteiger partial charge is 0.462 e. The predicted molar refractivity (Wildman–Crippen MR) is 111 cm³/mol. The van der Waals surface area contributed by atoms with E-state index in [9.17, 15) is 14.4 Å². The van der Waals surface area contributed by atoms with Gasteiger partial charge in [-0.15, -0.1) is 0 Å². The summed E-state index contributed by atoms with van der Waals surface area (Å²) in [6, 6.07) is 0.272. The van der Waals surface area contributed by atoms with E-state index in [-0.39, 0.29) is 24.8 Å². The fourth-order valence-electron chi connectivity index (χ4n) is 3.51. The molecule has 0 aromatic carbocycles. The third kappa shape index (κ3) is 6.06. The van der Waals surface area contributed by atoms with Gasteiger partial charge in [0.2, 0.25) is 0 Å². The number of aromatic nitrogens is 2. The van der Waals surface area contributed by atoms with Crippen LogP contribution in [0.2, 0.25) is 0 Å². The number of rotatable bonds is 9. The quantitative estimate of drug-likeness (QED) is 0.310. The topological polar surface area (TPSA) is 173 Å². The van der Waals surface area contributed by atoms with E-state index in [0.717, 1.165) is 0 Å². The first-order valence-electron chi connectivity index (χ1n) is 10.6. The van der Waals surface area contributed by atoms with Crippen molar-refractivity contribution in [3.8, 4) is 0 Å². The minimum atomic E-state index is -1.17. The monoisotopic (exact) mass is 470 g/mol. The number of aliphatic hydroxyl groups is 1. The summed E-state index contributed by atoms with van der Waals surface area (Å²) in [6.45, 7) is 6.41. The summed E-state index contributed by atoms with van der Waals surface area (Å²) in [5.74, 6) is -2.05. The Morgan fingerprint density at radius 2 is 2.03 bits per heavy atom. The van der Waals surface area contributed by atoms with E-state index in [1.165, 1.54) is 16.8 Å². The molecule has 3 heterocycles. The molecular weight excluding hydrogens is 440 g/mol. The Kier molecular flexibility index (Phi) is 7.69. The zero-order valence-corrected chi connectivity index (χ0v) is 18.9. The van der Waals surface area contributed by atoms with Crippen LogP contribution in [-0.2, 0) is 33.4 Å². The molecule has 2 aliphatic heterocycles. The molecular formula is C20H30N4O9. The van der Waals surface area contributed by atoms with Crippen LogP contribution >= 0.6 is 0 Å². The molecule has 2 fully saturated rings. The smallest absolute Gasteiger partial charge is 0.351 e.